The molecule has 0 amide bonds. The lowest BCUT2D eigenvalue weighted by molar-refractivity contribution is 0.565. The minimum absolute atomic E-state index is 0.171. The third-order valence-electron chi connectivity index (χ3n) is 5.24. The number of sulfone groups is 1. The molecule has 0 spiro atoms. The van der Waals surface area contributed by atoms with Gasteiger partial charge in [0.2, 0.25) is 0 Å². The Hall–Kier alpha value is -2.34. The summed E-state index contributed by atoms with van der Waals surface area (Å²) >= 11 is 0. The molecule has 0 aromatic heterocycles. The van der Waals surface area contributed by atoms with Crippen molar-refractivity contribution in [3.8, 4) is 0 Å². The molecule has 1 saturated heterocycles. The Morgan fingerprint density at radius 1 is 1.04 bits per heavy atom. The molecule has 2 aromatic carbocycles. The third kappa shape index (κ3) is 5.83. The van der Waals surface area contributed by atoms with Crippen LogP contribution in [0.15, 0.2) is 65.7 Å². The van der Waals surface area contributed by atoms with Crippen molar-refractivity contribution in [3.05, 3.63) is 71.8 Å². The van der Waals surface area contributed by atoms with Crippen molar-refractivity contribution < 1.29 is 8.42 Å². The first-order valence-electron chi connectivity index (χ1n) is 9.82. The summed E-state index contributed by atoms with van der Waals surface area (Å²) in [7, 11) is -1.10. The van der Waals surface area contributed by atoms with Crippen LogP contribution in [-0.4, -0.2) is 46.0 Å². The van der Waals surface area contributed by atoms with Gasteiger partial charge in [-0.25, -0.2) is 8.42 Å². The zero-order valence-corrected chi connectivity index (χ0v) is 17.2. The zero-order chi connectivity index (χ0) is 19.8. The fraction of sp³-hybridized carbons (Fsp3) is 0.409. The monoisotopic (exact) mass is 399 g/mol. The van der Waals surface area contributed by atoms with Gasteiger partial charge >= 0.3 is 0 Å². The first-order chi connectivity index (χ1) is 13.6. The van der Waals surface area contributed by atoms with Gasteiger partial charge in [0.25, 0.3) is 0 Å². The van der Waals surface area contributed by atoms with E-state index in [9.17, 15) is 8.42 Å². The van der Waals surface area contributed by atoms with Gasteiger partial charge in [0, 0.05) is 26.1 Å². The Morgan fingerprint density at radius 2 is 1.64 bits per heavy atom. The van der Waals surface area contributed by atoms with Crippen molar-refractivity contribution in [2.24, 2.45) is 10.9 Å². The lowest BCUT2D eigenvalue weighted by Gasteiger charge is -2.20. The topological polar surface area (TPSA) is 70.6 Å². The molecule has 1 atom stereocenters. The predicted molar refractivity (Wildman–Crippen MR) is 115 cm³/mol. The highest BCUT2D eigenvalue weighted by atomic mass is 32.2. The molecule has 150 valence electrons. The minimum atomic E-state index is -2.84. The number of benzene rings is 2. The highest BCUT2D eigenvalue weighted by Crippen LogP contribution is 2.27. The molecule has 1 aliphatic rings. The van der Waals surface area contributed by atoms with Crippen LogP contribution in [0, 0.1) is 5.92 Å². The average Bonchev–Trinajstić information content (AvgIpc) is 3.07. The number of rotatable bonds is 7. The van der Waals surface area contributed by atoms with Crippen molar-refractivity contribution in [2.45, 2.75) is 18.8 Å². The quantitative estimate of drug-likeness (QED) is 0.555. The van der Waals surface area contributed by atoms with Crippen LogP contribution in [0.3, 0.4) is 0 Å². The maximum absolute atomic E-state index is 11.6. The molecule has 6 heteroatoms. The van der Waals surface area contributed by atoms with E-state index in [1.165, 1.54) is 11.1 Å². The van der Waals surface area contributed by atoms with Crippen LogP contribution in [0.25, 0.3) is 0 Å². The highest BCUT2D eigenvalue weighted by molar-refractivity contribution is 7.91. The zero-order valence-electron chi connectivity index (χ0n) is 16.3. The van der Waals surface area contributed by atoms with Crippen LogP contribution in [0.2, 0.25) is 0 Å². The van der Waals surface area contributed by atoms with Gasteiger partial charge in [0.15, 0.2) is 15.8 Å². The molecule has 5 nitrogen and oxygen atoms in total. The normalized spacial score (nSPS) is 18.9. The molecule has 1 aliphatic heterocycles. The molecule has 28 heavy (non-hydrogen) atoms. The Labute approximate surface area is 168 Å². The van der Waals surface area contributed by atoms with Crippen LogP contribution in [-0.2, 0) is 9.84 Å². The summed E-state index contributed by atoms with van der Waals surface area (Å²) in [5.41, 5.74) is 2.60. The van der Waals surface area contributed by atoms with E-state index >= 15 is 0 Å². The Morgan fingerprint density at radius 3 is 2.14 bits per heavy atom. The molecule has 0 aliphatic carbocycles. The van der Waals surface area contributed by atoms with Crippen molar-refractivity contribution in [2.75, 3.05) is 31.6 Å². The van der Waals surface area contributed by atoms with Crippen LogP contribution in [0.1, 0.15) is 29.9 Å². The van der Waals surface area contributed by atoms with Gasteiger partial charge in [-0.1, -0.05) is 60.7 Å². The van der Waals surface area contributed by atoms with Gasteiger partial charge in [-0.3, -0.25) is 4.99 Å². The van der Waals surface area contributed by atoms with Crippen LogP contribution < -0.4 is 10.6 Å². The largest absolute Gasteiger partial charge is 0.356 e. The second-order valence-electron chi connectivity index (χ2n) is 7.31. The Kier molecular flexibility index (Phi) is 7.09. The van der Waals surface area contributed by atoms with E-state index < -0.39 is 9.84 Å². The van der Waals surface area contributed by atoms with Crippen LogP contribution >= 0.6 is 0 Å². The number of guanidine groups is 1. The summed E-state index contributed by atoms with van der Waals surface area (Å²) in [4.78, 5) is 4.27. The van der Waals surface area contributed by atoms with Gasteiger partial charge < -0.3 is 10.6 Å². The molecular formula is C22H29N3O2S. The van der Waals surface area contributed by atoms with E-state index in [4.69, 9.17) is 0 Å². The number of hydrogen-bond acceptors (Lipinski definition) is 3. The first kappa shape index (κ1) is 20.4. The Bertz CT molecular complexity index is 828. The summed E-state index contributed by atoms with van der Waals surface area (Å²) in [6.07, 6.45) is 1.67. The van der Waals surface area contributed by atoms with E-state index in [0.29, 0.717) is 18.2 Å². The summed E-state index contributed by atoms with van der Waals surface area (Å²) in [6.45, 7) is 1.41. The van der Waals surface area contributed by atoms with E-state index in [2.05, 4.69) is 64.2 Å². The molecule has 1 fully saturated rings. The summed E-state index contributed by atoms with van der Waals surface area (Å²) in [5.74, 6) is 1.80. The molecule has 0 radical (unpaired) electrons. The minimum Gasteiger partial charge on any atom is -0.356 e. The second kappa shape index (κ2) is 9.73. The van der Waals surface area contributed by atoms with E-state index in [-0.39, 0.29) is 11.7 Å². The van der Waals surface area contributed by atoms with E-state index in [1.807, 2.05) is 12.1 Å². The molecule has 1 unspecified atom stereocenters. The first-order valence-corrected chi connectivity index (χ1v) is 11.6. The molecule has 2 N–H and O–H groups in total. The van der Waals surface area contributed by atoms with Crippen molar-refractivity contribution in [1.82, 2.24) is 10.6 Å². The predicted octanol–water partition coefficient (Wildman–Crippen LogP) is 2.81. The average molecular weight is 400 g/mol. The maximum atomic E-state index is 11.6. The third-order valence-corrected chi connectivity index (χ3v) is 7.07. The Balaban J connectivity index is 1.54. The number of nitrogens with zero attached hydrogens (tertiary/aromatic N) is 1. The lowest BCUT2D eigenvalue weighted by atomic mass is 9.88. The molecule has 1 heterocycles. The summed E-state index contributed by atoms with van der Waals surface area (Å²) in [6, 6.07) is 21.1. The van der Waals surface area contributed by atoms with Gasteiger partial charge in [-0.05, 0) is 29.9 Å². The van der Waals surface area contributed by atoms with Gasteiger partial charge in [-0.2, -0.15) is 0 Å². The fourth-order valence-corrected chi connectivity index (χ4v) is 5.59. The van der Waals surface area contributed by atoms with Crippen LogP contribution in [0.5, 0.6) is 0 Å². The lowest BCUT2D eigenvalue weighted by Crippen LogP contribution is -2.40. The number of hydrogen-bond donors (Lipinski definition) is 2. The summed E-state index contributed by atoms with van der Waals surface area (Å²) in [5, 5.41) is 6.65. The van der Waals surface area contributed by atoms with E-state index in [1.54, 1.807) is 7.05 Å². The standard InChI is InChI=1S/C22H29N3O2S/c1-23-22(25-16-18-13-15-28(26,27)17-18)24-14-12-21(19-8-4-2-5-9-19)20-10-6-3-7-11-20/h2-11,18,21H,12-17H2,1H3,(H2,23,24,25). The van der Waals surface area contributed by atoms with Crippen LogP contribution in [0.4, 0.5) is 0 Å². The van der Waals surface area contributed by atoms with Gasteiger partial charge in [0.05, 0.1) is 11.5 Å². The smallest absolute Gasteiger partial charge is 0.190 e. The van der Waals surface area contributed by atoms with Gasteiger partial charge in [-0.15, -0.1) is 0 Å². The van der Waals surface area contributed by atoms with Crippen molar-refractivity contribution in [3.63, 3.8) is 0 Å². The fourth-order valence-electron chi connectivity index (χ4n) is 3.73. The van der Waals surface area contributed by atoms with E-state index in [0.717, 1.165) is 25.3 Å². The second-order valence-corrected chi connectivity index (χ2v) is 9.54. The maximum Gasteiger partial charge on any atom is 0.190 e. The SMILES string of the molecule is CN=C(NCCC(c1ccccc1)c1ccccc1)NCC1CCS(=O)(=O)C1. The summed E-state index contributed by atoms with van der Waals surface area (Å²) < 4.78 is 23.2. The van der Waals surface area contributed by atoms with Crippen molar-refractivity contribution in [1.29, 1.82) is 0 Å². The highest BCUT2D eigenvalue weighted by Gasteiger charge is 2.27. The van der Waals surface area contributed by atoms with Gasteiger partial charge in [0.1, 0.15) is 0 Å². The molecular weight excluding hydrogens is 370 g/mol. The number of nitrogens with one attached hydrogen (secondary N) is 2. The molecule has 0 saturated carbocycles. The van der Waals surface area contributed by atoms with Crippen molar-refractivity contribution >= 4 is 15.8 Å². The molecule has 3 rings (SSSR count). The molecule has 2 aromatic rings. The number of aliphatic imine (C=N–C) groups is 1. The molecule has 0 bridgehead atoms.